The van der Waals surface area contributed by atoms with Crippen LogP contribution < -0.4 is 0 Å². The molecule has 0 aromatic carbocycles. The summed E-state index contributed by atoms with van der Waals surface area (Å²) in [4.78, 5) is 11.1. The van der Waals surface area contributed by atoms with Crippen LogP contribution in [0.1, 0.15) is 45.2 Å². The molecular formula is C11H17ClN2O. The second-order valence-electron chi connectivity index (χ2n) is 3.91. The smallest absolute Gasteiger partial charge is 0.130 e. The van der Waals surface area contributed by atoms with Crippen LogP contribution in [-0.2, 0) is 11.3 Å². The van der Waals surface area contributed by atoms with Crippen LogP contribution in [0.15, 0.2) is 6.20 Å². The van der Waals surface area contributed by atoms with Gasteiger partial charge in [-0.15, -0.1) is 0 Å². The maximum atomic E-state index is 11.1. The zero-order valence-corrected chi connectivity index (χ0v) is 10.2. The van der Waals surface area contributed by atoms with Gasteiger partial charge in [0.05, 0.1) is 16.9 Å². The van der Waals surface area contributed by atoms with Gasteiger partial charge in [0, 0.05) is 18.9 Å². The van der Waals surface area contributed by atoms with E-state index in [4.69, 9.17) is 11.6 Å². The van der Waals surface area contributed by atoms with E-state index in [2.05, 4.69) is 12.0 Å². The number of aryl methyl sites for hydroxylation is 1. The van der Waals surface area contributed by atoms with Crippen molar-refractivity contribution in [2.75, 3.05) is 0 Å². The lowest BCUT2D eigenvalue weighted by Crippen LogP contribution is -2.10. The van der Waals surface area contributed by atoms with Crippen molar-refractivity contribution in [3.8, 4) is 0 Å². The van der Waals surface area contributed by atoms with Crippen molar-refractivity contribution in [1.29, 1.82) is 0 Å². The van der Waals surface area contributed by atoms with Gasteiger partial charge in [0.15, 0.2) is 0 Å². The Labute approximate surface area is 95.4 Å². The Kier molecular flexibility index (Phi) is 4.33. The SMILES string of the molecule is CCCn1ncc(Cl)c1C(C)CC(C)=O. The maximum Gasteiger partial charge on any atom is 0.130 e. The molecule has 84 valence electrons. The zero-order chi connectivity index (χ0) is 11.4. The second kappa shape index (κ2) is 5.31. The number of ketones is 1. The summed E-state index contributed by atoms with van der Waals surface area (Å²) in [5, 5.41) is 4.87. The molecule has 1 atom stereocenters. The summed E-state index contributed by atoms with van der Waals surface area (Å²) in [5.41, 5.74) is 0.980. The van der Waals surface area contributed by atoms with Gasteiger partial charge in [-0.25, -0.2) is 0 Å². The van der Waals surface area contributed by atoms with Crippen LogP contribution in [0.3, 0.4) is 0 Å². The largest absolute Gasteiger partial charge is 0.300 e. The third-order valence-corrected chi connectivity index (χ3v) is 2.62. The molecule has 0 bridgehead atoms. The highest BCUT2D eigenvalue weighted by atomic mass is 35.5. The highest BCUT2D eigenvalue weighted by Gasteiger charge is 2.17. The topological polar surface area (TPSA) is 34.9 Å². The molecule has 0 saturated carbocycles. The van der Waals surface area contributed by atoms with E-state index in [0.717, 1.165) is 18.7 Å². The quantitative estimate of drug-likeness (QED) is 0.777. The van der Waals surface area contributed by atoms with Gasteiger partial charge in [-0.05, 0) is 13.3 Å². The Morgan fingerprint density at radius 2 is 2.33 bits per heavy atom. The van der Waals surface area contributed by atoms with Crippen molar-refractivity contribution in [3.05, 3.63) is 16.9 Å². The summed E-state index contributed by atoms with van der Waals surface area (Å²) in [7, 11) is 0. The minimum absolute atomic E-state index is 0.143. The standard InChI is InChI=1S/C11H17ClN2O/c1-4-5-14-11(10(12)7-13-14)8(2)6-9(3)15/h7-8H,4-6H2,1-3H3. The molecule has 0 saturated heterocycles. The second-order valence-corrected chi connectivity index (χ2v) is 4.32. The molecule has 1 aromatic rings. The number of rotatable bonds is 5. The summed E-state index contributed by atoms with van der Waals surface area (Å²) >= 11 is 6.06. The maximum absolute atomic E-state index is 11.1. The van der Waals surface area contributed by atoms with Gasteiger partial charge in [0.1, 0.15) is 5.78 Å². The number of hydrogen-bond donors (Lipinski definition) is 0. The Morgan fingerprint density at radius 3 is 2.87 bits per heavy atom. The van der Waals surface area contributed by atoms with E-state index in [1.807, 2.05) is 11.6 Å². The fraction of sp³-hybridized carbons (Fsp3) is 0.636. The zero-order valence-electron chi connectivity index (χ0n) is 9.46. The molecule has 0 N–H and O–H groups in total. The van der Waals surface area contributed by atoms with Crippen molar-refractivity contribution in [1.82, 2.24) is 9.78 Å². The van der Waals surface area contributed by atoms with Crippen molar-refractivity contribution in [2.45, 2.75) is 46.1 Å². The number of carbonyl (C=O) groups excluding carboxylic acids is 1. The third kappa shape index (κ3) is 3.06. The first-order valence-electron chi connectivity index (χ1n) is 5.26. The van der Waals surface area contributed by atoms with E-state index in [9.17, 15) is 4.79 Å². The predicted octanol–water partition coefficient (Wildman–Crippen LogP) is 3.03. The molecule has 0 aliphatic heterocycles. The Bertz CT molecular complexity index is 346. The van der Waals surface area contributed by atoms with Gasteiger partial charge in [-0.3, -0.25) is 4.68 Å². The number of aromatic nitrogens is 2. The molecule has 0 aliphatic carbocycles. The van der Waals surface area contributed by atoms with Crippen molar-refractivity contribution in [3.63, 3.8) is 0 Å². The normalized spacial score (nSPS) is 12.8. The molecule has 0 aliphatic rings. The lowest BCUT2D eigenvalue weighted by Gasteiger charge is -2.12. The average molecular weight is 229 g/mol. The third-order valence-electron chi connectivity index (χ3n) is 2.33. The van der Waals surface area contributed by atoms with Crippen LogP contribution >= 0.6 is 11.6 Å². The summed E-state index contributed by atoms with van der Waals surface area (Å²) in [6, 6.07) is 0. The highest BCUT2D eigenvalue weighted by Crippen LogP contribution is 2.26. The fourth-order valence-corrected chi connectivity index (χ4v) is 2.11. The number of halogens is 1. The summed E-state index contributed by atoms with van der Waals surface area (Å²) in [6.07, 6.45) is 3.19. The molecule has 1 rings (SSSR count). The number of carbonyl (C=O) groups is 1. The molecule has 1 aromatic heterocycles. The predicted molar refractivity (Wildman–Crippen MR) is 61.2 cm³/mol. The van der Waals surface area contributed by atoms with Crippen LogP contribution in [0, 0.1) is 0 Å². The molecule has 15 heavy (non-hydrogen) atoms. The molecular weight excluding hydrogens is 212 g/mol. The van der Waals surface area contributed by atoms with Gasteiger partial charge in [0.2, 0.25) is 0 Å². The summed E-state index contributed by atoms with van der Waals surface area (Å²) in [6.45, 7) is 6.56. The number of nitrogens with zero attached hydrogens (tertiary/aromatic N) is 2. The van der Waals surface area contributed by atoms with Gasteiger partial charge in [0.25, 0.3) is 0 Å². The fourth-order valence-electron chi connectivity index (χ4n) is 1.78. The molecule has 0 amide bonds. The highest BCUT2D eigenvalue weighted by molar-refractivity contribution is 6.31. The molecule has 0 radical (unpaired) electrons. The van der Waals surface area contributed by atoms with Gasteiger partial charge in [-0.1, -0.05) is 25.4 Å². The van der Waals surface area contributed by atoms with Gasteiger partial charge >= 0.3 is 0 Å². The van der Waals surface area contributed by atoms with Crippen molar-refractivity contribution < 1.29 is 4.79 Å². The van der Waals surface area contributed by atoms with Crippen LogP contribution in [0.2, 0.25) is 5.02 Å². The lowest BCUT2D eigenvalue weighted by atomic mass is 10.0. The molecule has 0 fully saturated rings. The Balaban J connectivity index is 2.89. The van der Waals surface area contributed by atoms with Gasteiger partial charge < -0.3 is 4.79 Å². The summed E-state index contributed by atoms with van der Waals surface area (Å²) < 4.78 is 1.90. The summed E-state index contributed by atoms with van der Waals surface area (Å²) in [5.74, 6) is 0.326. The molecule has 4 heteroatoms. The van der Waals surface area contributed by atoms with Crippen LogP contribution in [0.4, 0.5) is 0 Å². The number of hydrogen-bond acceptors (Lipinski definition) is 2. The minimum atomic E-state index is 0.143. The van der Waals surface area contributed by atoms with E-state index in [-0.39, 0.29) is 11.7 Å². The number of Topliss-reactive ketones (excluding diaryl/α,β-unsaturated/α-hetero) is 1. The monoisotopic (exact) mass is 228 g/mol. The van der Waals surface area contributed by atoms with Crippen molar-refractivity contribution in [2.24, 2.45) is 0 Å². The Hall–Kier alpha value is -0.830. The van der Waals surface area contributed by atoms with Crippen molar-refractivity contribution >= 4 is 17.4 Å². The molecule has 3 nitrogen and oxygen atoms in total. The van der Waals surface area contributed by atoms with E-state index < -0.39 is 0 Å². The van der Waals surface area contributed by atoms with E-state index in [1.165, 1.54) is 0 Å². The first-order valence-corrected chi connectivity index (χ1v) is 5.64. The minimum Gasteiger partial charge on any atom is -0.300 e. The average Bonchev–Trinajstić information content (AvgIpc) is 2.46. The van der Waals surface area contributed by atoms with E-state index in [0.29, 0.717) is 11.4 Å². The van der Waals surface area contributed by atoms with Crippen LogP contribution in [0.5, 0.6) is 0 Å². The lowest BCUT2D eigenvalue weighted by molar-refractivity contribution is -0.117. The first-order chi connectivity index (χ1) is 7.06. The molecule has 1 unspecified atom stereocenters. The molecule has 1 heterocycles. The van der Waals surface area contributed by atoms with E-state index in [1.54, 1.807) is 13.1 Å². The van der Waals surface area contributed by atoms with E-state index >= 15 is 0 Å². The first kappa shape index (κ1) is 12.2. The van der Waals surface area contributed by atoms with Crippen LogP contribution in [0.25, 0.3) is 0 Å². The van der Waals surface area contributed by atoms with Gasteiger partial charge in [-0.2, -0.15) is 5.10 Å². The Morgan fingerprint density at radius 1 is 1.67 bits per heavy atom. The molecule has 0 spiro atoms. The van der Waals surface area contributed by atoms with Crippen LogP contribution in [-0.4, -0.2) is 15.6 Å².